The number of benzene rings is 2. The molecular weight excluding hydrogens is 315 g/mol. The number of hydrogen-bond acceptors (Lipinski definition) is 0. The Morgan fingerprint density at radius 3 is 2.38 bits per heavy atom. The molecule has 0 aliphatic rings. The first-order valence-corrected chi connectivity index (χ1v) is 5.67. The van der Waals surface area contributed by atoms with Crippen LogP contribution in [0.15, 0.2) is 39.3 Å². The van der Waals surface area contributed by atoms with Crippen LogP contribution in [0.5, 0.6) is 0 Å². The highest BCUT2D eigenvalue weighted by Gasteiger charge is 2.00. The van der Waals surface area contributed by atoms with Gasteiger partial charge in [0.25, 0.3) is 0 Å². The lowest BCUT2D eigenvalue weighted by molar-refractivity contribution is 1.67. The lowest BCUT2D eigenvalue weighted by Crippen LogP contribution is -1.75. The molecule has 3 heteroatoms. The molecule has 0 aliphatic carbocycles. The highest BCUT2D eigenvalue weighted by atomic mass is 79.9. The zero-order valence-electron chi connectivity index (χ0n) is 6.52. The molecule has 0 aromatic heterocycles. The second kappa shape index (κ2) is 3.60. The van der Waals surface area contributed by atoms with E-state index < -0.39 is 0 Å². The van der Waals surface area contributed by atoms with Gasteiger partial charge in [-0.15, -0.1) is 0 Å². The molecule has 0 saturated carbocycles. The van der Waals surface area contributed by atoms with Gasteiger partial charge in [0.2, 0.25) is 0 Å². The van der Waals surface area contributed by atoms with Gasteiger partial charge in [0.05, 0.1) is 0 Å². The third kappa shape index (κ3) is 1.90. The number of fused-ring (bicyclic) bond motifs is 1. The van der Waals surface area contributed by atoms with E-state index in [1.54, 1.807) is 0 Å². The van der Waals surface area contributed by atoms with Gasteiger partial charge in [-0.05, 0) is 29.7 Å². The van der Waals surface area contributed by atoms with Gasteiger partial charge in [-0.25, -0.2) is 0 Å². The summed E-state index contributed by atoms with van der Waals surface area (Å²) in [6, 6.07) is 9.99. The predicted octanol–water partition coefficient (Wildman–Crippen LogP) is 5.02. The van der Waals surface area contributed by atoms with Crippen molar-refractivity contribution in [2.75, 3.05) is 0 Å². The van der Waals surface area contributed by atoms with Gasteiger partial charge in [-0.1, -0.05) is 49.5 Å². The molecule has 0 heterocycles. The van der Waals surface area contributed by atoms with E-state index >= 15 is 0 Å². The first-order valence-electron chi connectivity index (χ1n) is 3.71. The van der Waals surface area contributed by atoms with Crippen molar-refractivity contribution < 1.29 is 0 Å². The van der Waals surface area contributed by atoms with Crippen LogP contribution in [0.1, 0.15) is 0 Å². The number of hydrogen-bond donors (Lipinski definition) is 0. The van der Waals surface area contributed by atoms with Crippen molar-refractivity contribution in [1.82, 2.24) is 0 Å². The first kappa shape index (κ1) is 9.50. The van der Waals surface area contributed by atoms with Gasteiger partial charge < -0.3 is 0 Å². The van der Waals surface area contributed by atoms with E-state index in [0.29, 0.717) is 0 Å². The first-order chi connectivity index (χ1) is 6.16. The van der Waals surface area contributed by atoms with Crippen LogP contribution in [0.4, 0.5) is 0 Å². The summed E-state index contributed by atoms with van der Waals surface area (Å²) in [5, 5.41) is 2.98. The molecule has 66 valence electrons. The van der Waals surface area contributed by atoms with Crippen LogP contribution in [0.25, 0.3) is 10.8 Å². The van der Waals surface area contributed by atoms with Crippen molar-refractivity contribution in [3.63, 3.8) is 0 Å². The smallest absolute Gasteiger partial charge is 0.0495 e. The van der Waals surface area contributed by atoms with Crippen LogP contribution in [-0.4, -0.2) is 0 Å². The average Bonchev–Trinajstić information content (AvgIpc) is 2.02. The topological polar surface area (TPSA) is 0 Å². The molecule has 2 rings (SSSR count). The number of halogens is 3. The van der Waals surface area contributed by atoms with E-state index in [1.807, 2.05) is 30.3 Å². The molecule has 0 unspecified atom stereocenters. The second-order valence-electron chi connectivity index (χ2n) is 2.75. The van der Waals surface area contributed by atoms with Crippen molar-refractivity contribution in [2.45, 2.75) is 0 Å². The van der Waals surface area contributed by atoms with E-state index in [2.05, 4.69) is 31.9 Å². The van der Waals surface area contributed by atoms with Gasteiger partial charge in [-0.2, -0.15) is 0 Å². The Morgan fingerprint density at radius 2 is 1.62 bits per heavy atom. The Labute approximate surface area is 98.2 Å². The van der Waals surface area contributed by atoms with E-state index in [-0.39, 0.29) is 0 Å². The Kier molecular flexibility index (Phi) is 2.63. The van der Waals surface area contributed by atoms with E-state index in [4.69, 9.17) is 11.6 Å². The fourth-order valence-corrected chi connectivity index (χ4v) is 2.54. The maximum atomic E-state index is 6.07. The lowest BCUT2D eigenvalue weighted by atomic mass is 10.1. The van der Waals surface area contributed by atoms with Crippen LogP contribution >= 0.6 is 43.5 Å². The minimum Gasteiger partial charge on any atom is -0.0836 e. The van der Waals surface area contributed by atoms with Gasteiger partial charge in [0, 0.05) is 19.4 Å². The summed E-state index contributed by atoms with van der Waals surface area (Å²) in [5.41, 5.74) is 0. The van der Waals surface area contributed by atoms with Crippen molar-refractivity contribution in [1.29, 1.82) is 0 Å². The minimum absolute atomic E-state index is 0.775. The summed E-state index contributed by atoms with van der Waals surface area (Å²) in [5.74, 6) is 0. The van der Waals surface area contributed by atoms with E-state index in [9.17, 15) is 0 Å². The fraction of sp³-hybridized carbons (Fsp3) is 0. The third-order valence-corrected chi connectivity index (χ3v) is 3.09. The summed E-state index contributed by atoms with van der Waals surface area (Å²) in [6.45, 7) is 0. The Balaban J connectivity index is 2.86. The highest BCUT2D eigenvalue weighted by Crippen LogP contribution is 2.29. The standard InChI is InChI=1S/C10H5Br2Cl/c11-7-1-2-9-6(3-7)4-8(12)5-10(9)13/h1-5H. The summed E-state index contributed by atoms with van der Waals surface area (Å²) in [4.78, 5) is 0. The van der Waals surface area contributed by atoms with Crippen LogP contribution in [-0.2, 0) is 0 Å². The summed E-state index contributed by atoms with van der Waals surface area (Å²) in [7, 11) is 0. The molecule has 0 fully saturated rings. The quantitative estimate of drug-likeness (QED) is 0.639. The Bertz CT molecular complexity index is 460. The molecule has 0 amide bonds. The number of rotatable bonds is 0. The summed E-state index contributed by atoms with van der Waals surface area (Å²) >= 11 is 12.9. The third-order valence-electron chi connectivity index (χ3n) is 1.83. The van der Waals surface area contributed by atoms with E-state index in [1.165, 1.54) is 0 Å². The van der Waals surface area contributed by atoms with Crippen LogP contribution in [0, 0.1) is 0 Å². The van der Waals surface area contributed by atoms with Gasteiger partial charge in [0.1, 0.15) is 0 Å². The van der Waals surface area contributed by atoms with Crippen molar-refractivity contribution in [3.05, 3.63) is 44.3 Å². The molecule has 2 aromatic rings. The molecule has 0 aliphatic heterocycles. The zero-order chi connectivity index (χ0) is 9.42. The average molecular weight is 320 g/mol. The van der Waals surface area contributed by atoms with Crippen LogP contribution in [0.3, 0.4) is 0 Å². The molecule has 0 spiro atoms. The molecule has 2 aromatic carbocycles. The summed E-state index contributed by atoms with van der Waals surface area (Å²) < 4.78 is 2.07. The summed E-state index contributed by atoms with van der Waals surface area (Å²) in [6.07, 6.45) is 0. The SMILES string of the molecule is Clc1cc(Br)cc2cc(Br)ccc12. The van der Waals surface area contributed by atoms with Crippen molar-refractivity contribution in [3.8, 4) is 0 Å². The van der Waals surface area contributed by atoms with Gasteiger partial charge in [-0.3, -0.25) is 0 Å². The molecule has 0 radical (unpaired) electrons. The lowest BCUT2D eigenvalue weighted by Gasteiger charge is -2.01. The highest BCUT2D eigenvalue weighted by molar-refractivity contribution is 9.10. The monoisotopic (exact) mass is 318 g/mol. The molecule has 0 atom stereocenters. The Morgan fingerprint density at radius 1 is 0.923 bits per heavy atom. The maximum absolute atomic E-state index is 6.07. The maximum Gasteiger partial charge on any atom is 0.0495 e. The second-order valence-corrected chi connectivity index (χ2v) is 4.99. The molecular formula is C10H5Br2Cl. The zero-order valence-corrected chi connectivity index (χ0v) is 10.4. The molecule has 0 saturated heterocycles. The molecule has 13 heavy (non-hydrogen) atoms. The van der Waals surface area contributed by atoms with Crippen LogP contribution < -0.4 is 0 Å². The van der Waals surface area contributed by atoms with Gasteiger partial charge >= 0.3 is 0 Å². The van der Waals surface area contributed by atoms with Crippen molar-refractivity contribution in [2.24, 2.45) is 0 Å². The largest absolute Gasteiger partial charge is 0.0836 e. The Hall–Kier alpha value is -0.0500. The molecule has 0 bridgehead atoms. The van der Waals surface area contributed by atoms with Crippen molar-refractivity contribution >= 4 is 54.2 Å². The minimum atomic E-state index is 0.775. The fourth-order valence-electron chi connectivity index (χ4n) is 1.26. The normalized spacial score (nSPS) is 10.7. The van der Waals surface area contributed by atoms with Crippen LogP contribution in [0.2, 0.25) is 5.02 Å². The van der Waals surface area contributed by atoms with Gasteiger partial charge in [0.15, 0.2) is 0 Å². The molecule has 0 nitrogen and oxygen atoms in total. The molecule has 0 N–H and O–H groups in total. The van der Waals surface area contributed by atoms with E-state index in [0.717, 1.165) is 24.7 Å². The predicted molar refractivity (Wildman–Crippen MR) is 64.4 cm³/mol.